The van der Waals surface area contributed by atoms with Crippen molar-refractivity contribution in [3.8, 4) is 5.75 Å². The van der Waals surface area contributed by atoms with Crippen LogP contribution in [0.25, 0.3) is 0 Å². The van der Waals surface area contributed by atoms with Crippen LogP contribution in [0.15, 0.2) is 23.7 Å². The molecule has 1 N–H and O–H groups in total. The zero-order valence-corrected chi connectivity index (χ0v) is 13.2. The molecule has 4 nitrogen and oxygen atoms in total. The summed E-state index contributed by atoms with van der Waals surface area (Å²) < 4.78 is 7.24. The van der Waals surface area contributed by atoms with Gasteiger partial charge < -0.3 is 10.1 Å². The minimum absolute atomic E-state index is 0.388. The molecule has 0 amide bonds. The third kappa shape index (κ3) is 3.84. The summed E-state index contributed by atoms with van der Waals surface area (Å²) in [5.74, 6) is 0.953. The lowest BCUT2D eigenvalue weighted by atomic mass is 10.1. The molecule has 2 heterocycles. The van der Waals surface area contributed by atoms with E-state index >= 15 is 0 Å². The molecular formula is C15H23N3OS. The molecule has 1 unspecified atom stereocenters. The lowest BCUT2D eigenvalue weighted by Crippen LogP contribution is -2.22. The molecule has 1 atom stereocenters. The van der Waals surface area contributed by atoms with Crippen LogP contribution in [0.5, 0.6) is 5.75 Å². The van der Waals surface area contributed by atoms with Crippen LogP contribution in [0.1, 0.15) is 36.4 Å². The van der Waals surface area contributed by atoms with Gasteiger partial charge in [-0.2, -0.15) is 5.10 Å². The lowest BCUT2D eigenvalue weighted by Gasteiger charge is -2.17. The van der Waals surface area contributed by atoms with Gasteiger partial charge in [0.1, 0.15) is 5.75 Å². The average molecular weight is 293 g/mol. The van der Waals surface area contributed by atoms with Crippen molar-refractivity contribution in [2.75, 3.05) is 13.7 Å². The second-order valence-corrected chi connectivity index (χ2v) is 5.82. The summed E-state index contributed by atoms with van der Waals surface area (Å²) in [6, 6.07) is 4.62. The standard InChI is InChI=1S/C15H23N3OS/c1-4-8-16-14(15-10-13(19-3)11-20-15)6-5-12-7-9-17-18(12)2/h7,9-11,14,16H,4-6,8H2,1-3H3. The van der Waals surface area contributed by atoms with E-state index in [0.29, 0.717) is 6.04 Å². The topological polar surface area (TPSA) is 39.1 Å². The minimum Gasteiger partial charge on any atom is -0.496 e. The second-order valence-electron chi connectivity index (χ2n) is 4.88. The summed E-state index contributed by atoms with van der Waals surface area (Å²) in [4.78, 5) is 1.34. The molecule has 20 heavy (non-hydrogen) atoms. The Morgan fingerprint density at radius 2 is 2.35 bits per heavy atom. The van der Waals surface area contributed by atoms with E-state index in [-0.39, 0.29) is 0 Å². The average Bonchev–Trinajstić information content (AvgIpc) is 3.08. The van der Waals surface area contributed by atoms with Crippen molar-refractivity contribution >= 4 is 11.3 Å². The van der Waals surface area contributed by atoms with Crippen LogP contribution in [-0.4, -0.2) is 23.4 Å². The molecule has 0 spiro atoms. The normalized spacial score (nSPS) is 12.6. The van der Waals surface area contributed by atoms with Gasteiger partial charge in [-0.15, -0.1) is 11.3 Å². The molecule has 5 heteroatoms. The molecule has 0 radical (unpaired) electrons. The highest BCUT2D eigenvalue weighted by Crippen LogP contribution is 2.29. The van der Waals surface area contributed by atoms with Gasteiger partial charge in [-0.1, -0.05) is 6.92 Å². The second kappa shape index (κ2) is 7.45. The highest BCUT2D eigenvalue weighted by Gasteiger charge is 2.14. The zero-order chi connectivity index (χ0) is 14.4. The van der Waals surface area contributed by atoms with Crippen LogP contribution in [0.4, 0.5) is 0 Å². The Balaban J connectivity index is 2.01. The van der Waals surface area contributed by atoms with E-state index in [9.17, 15) is 0 Å². The zero-order valence-electron chi connectivity index (χ0n) is 12.4. The molecule has 0 fully saturated rings. The Labute approximate surface area is 124 Å². The van der Waals surface area contributed by atoms with Gasteiger partial charge in [0.2, 0.25) is 0 Å². The van der Waals surface area contributed by atoms with Crippen molar-refractivity contribution in [1.29, 1.82) is 0 Å². The van der Waals surface area contributed by atoms with Crippen LogP contribution >= 0.6 is 11.3 Å². The number of hydrogen-bond acceptors (Lipinski definition) is 4. The highest BCUT2D eigenvalue weighted by atomic mass is 32.1. The Hall–Kier alpha value is -1.33. The number of rotatable bonds is 8. The van der Waals surface area contributed by atoms with Gasteiger partial charge in [0.15, 0.2) is 0 Å². The Kier molecular flexibility index (Phi) is 5.61. The molecule has 2 rings (SSSR count). The number of aryl methyl sites for hydroxylation is 2. The Morgan fingerprint density at radius 3 is 2.95 bits per heavy atom. The minimum atomic E-state index is 0.388. The van der Waals surface area contributed by atoms with E-state index in [1.165, 1.54) is 10.6 Å². The largest absolute Gasteiger partial charge is 0.496 e. The number of thiophene rings is 1. The maximum absolute atomic E-state index is 5.29. The fourth-order valence-electron chi connectivity index (χ4n) is 2.23. The molecule has 110 valence electrons. The van der Waals surface area contributed by atoms with Crippen LogP contribution in [0, 0.1) is 0 Å². The fraction of sp³-hybridized carbons (Fsp3) is 0.533. The molecule has 2 aromatic heterocycles. The van der Waals surface area contributed by atoms with E-state index in [1.807, 2.05) is 17.9 Å². The molecular weight excluding hydrogens is 270 g/mol. The number of nitrogens with one attached hydrogen (secondary N) is 1. The predicted octanol–water partition coefficient (Wildman–Crippen LogP) is 3.16. The Bertz CT molecular complexity index is 521. The van der Waals surface area contributed by atoms with Gasteiger partial charge in [0.05, 0.1) is 7.11 Å². The predicted molar refractivity (Wildman–Crippen MR) is 83.4 cm³/mol. The third-order valence-corrected chi connectivity index (χ3v) is 4.45. The number of hydrogen-bond donors (Lipinski definition) is 1. The molecule has 2 aromatic rings. The first-order chi connectivity index (χ1) is 9.74. The van der Waals surface area contributed by atoms with Crippen LogP contribution in [0.3, 0.4) is 0 Å². The maximum Gasteiger partial charge on any atom is 0.129 e. The van der Waals surface area contributed by atoms with Crippen molar-refractivity contribution in [2.45, 2.75) is 32.2 Å². The number of nitrogens with zero attached hydrogens (tertiary/aromatic N) is 2. The van der Waals surface area contributed by atoms with E-state index in [2.05, 4.69) is 34.9 Å². The van der Waals surface area contributed by atoms with Crippen molar-refractivity contribution in [3.05, 3.63) is 34.3 Å². The first-order valence-electron chi connectivity index (χ1n) is 7.07. The van der Waals surface area contributed by atoms with E-state index in [0.717, 1.165) is 31.6 Å². The van der Waals surface area contributed by atoms with Crippen LogP contribution in [0.2, 0.25) is 0 Å². The van der Waals surface area contributed by atoms with Gasteiger partial charge in [-0.25, -0.2) is 0 Å². The molecule has 0 saturated heterocycles. The van der Waals surface area contributed by atoms with Crippen molar-refractivity contribution < 1.29 is 4.74 Å². The summed E-state index contributed by atoms with van der Waals surface area (Å²) in [6.07, 6.45) is 5.10. The van der Waals surface area contributed by atoms with Gasteiger partial charge in [0.25, 0.3) is 0 Å². The SMILES string of the molecule is CCCNC(CCc1ccnn1C)c1cc(OC)cs1. The van der Waals surface area contributed by atoms with Crippen molar-refractivity contribution in [3.63, 3.8) is 0 Å². The number of ether oxygens (including phenoxy) is 1. The molecule has 0 aliphatic heterocycles. The van der Waals surface area contributed by atoms with Crippen LogP contribution < -0.4 is 10.1 Å². The summed E-state index contributed by atoms with van der Waals surface area (Å²) in [5.41, 5.74) is 1.27. The number of aromatic nitrogens is 2. The van der Waals surface area contributed by atoms with Gasteiger partial charge in [0, 0.05) is 35.2 Å². The summed E-state index contributed by atoms with van der Waals surface area (Å²) in [7, 11) is 3.72. The Morgan fingerprint density at radius 1 is 1.50 bits per heavy atom. The van der Waals surface area contributed by atoms with Crippen LogP contribution in [-0.2, 0) is 13.5 Å². The summed E-state index contributed by atoms with van der Waals surface area (Å²) >= 11 is 1.76. The molecule has 0 bridgehead atoms. The summed E-state index contributed by atoms with van der Waals surface area (Å²) in [6.45, 7) is 3.23. The number of methoxy groups -OCH3 is 1. The fourth-order valence-corrected chi connectivity index (χ4v) is 3.19. The molecule has 0 saturated carbocycles. The quantitative estimate of drug-likeness (QED) is 0.812. The van der Waals surface area contributed by atoms with E-state index < -0.39 is 0 Å². The smallest absolute Gasteiger partial charge is 0.129 e. The highest BCUT2D eigenvalue weighted by molar-refractivity contribution is 7.10. The molecule has 0 aromatic carbocycles. The summed E-state index contributed by atoms with van der Waals surface area (Å²) in [5, 5.41) is 9.93. The molecule has 0 aliphatic rings. The van der Waals surface area contributed by atoms with Gasteiger partial charge >= 0.3 is 0 Å². The lowest BCUT2D eigenvalue weighted by molar-refractivity contribution is 0.415. The maximum atomic E-state index is 5.29. The van der Waals surface area contributed by atoms with Crippen molar-refractivity contribution in [1.82, 2.24) is 15.1 Å². The van der Waals surface area contributed by atoms with E-state index in [4.69, 9.17) is 4.74 Å². The first-order valence-corrected chi connectivity index (χ1v) is 7.95. The van der Waals surface area contributed by atoms with Gasteiger partial charge in [-0.3, -0.25) is 4.68 Å². The van der Waals surface area contributed by atoms with Crippen molar-refractivity contribution in [2.24, 2.45) is 7.05 Å². The third-order valence-electron chi connectivity index (χ3n) is 3.43. The molecule has 0 aliphatic carbocycles. The first kappa shape index (κ1) is 15.1. The van der Waals surface area contributed by atoms with Gasteiger partial charge in [-0.05, 0) is 37.9 Å². The monoisotopic (exact) mass is 293 g/mol. The van der Waals surface area contributed by atoms with E-state index in [1.54, 1.807) is 18.4 Å².